The third kappa shape index (κ3) is 2.22. The molecule has 0 aromatic carbocycles. The van der Waals surface area contributed by atoms with E-state index >= 15 is 0 Å². The summed E-state index contributed by atoms with van der Waals surface area (Å²) in [7, 11) is 3.97. The van der Waals surface area contributed by atoms with Crippen molar-refractivity contribution in [2.75, 3.05) is 20.0 Å². The van der Waals surface area contributed by atoms with Gasteiger partial charge < -0.3 is 4.90 Å². The molecule has 0 radical (unpaired) electrons. The fourth-order valence-electron chi connectivity index (χ4n) is 0.455. The molecule has 0 bridgehead atoms. The van der Waals surface area contributed by atoms with Crippen molar-refractivity contribution in [3.63, 3.8) is 0 Å². The second kappa shape index (κ2) is 3.79. The largest absolute Gasteiger partial charge is 0.380 e. The van der Waals surface area contributed by atoms with Gasteiger partial charge in [-0.25, -0.2) is 0 Å². The molecule has 0 aromatic rings. The second-order valence-corrected chi connectivity index (χ2v) is 2.08. The number of allylic oxidation sites excluding steroid dienone is 2. The molecule has 0 atom stereocenters. The fourth-order valence-corrected chi connectivity index (χ4v) is 0.848. The van der Waals surface area contributed by atoms with Crippen molar-refractivity contribution < 1.29 is 0 Å². The summed E-state index contributed by atoms with van der Waals surface area (Å²) in [6.45, 7) is 1.98. The Hall–Kier alpha value is -0.170. The summed E-state index contributed by atoms with van der Waals surface area (Å²) in [5.41, 5.74) is 1.16. The Morgan fingerprint density at radius 3 is 2.12 bits per heavy atom. The summed E-state index contributed by atoms with van der Waals surface area (Å²) >= 11 is 5.55. The lowest BCUT2D eigenvalue weighted by molar-refractivity contribution is 0.514. The van der Waals surface area contributed by atoms with Gasteiger partial charge in [-0.3, -0.25) is 0 Å². The minimum atomic E-state index is 0.601. The van der Waals surface area contributed by atoms with Gasteiger partial charge in [-0.05, 0) is 6.92 Å². The van der Waals surface area contributed by atoms with E-state index in [0.717, 1.165) is 5.70 Å². The minimum Gasteiger partial charge on any atom is -0.380 e. The Bertz CT molecular complexity index is 86.5. The van der Waals surface area contributed by atoms with Crippen molar-refractivity contribution in [1.29, 1.82) is 0 Å². The molecule has 2 heteroatoms. The molecule has 0 rings (SSSR count). The van der Waals surface area contributed by atoms with E-state index in [2.05, 4.69) is 0 Å². The van der Waals surface area contributed by atoms with Crippen LogP contribution in [0.4, 0.5) is 0 Å². The summed E-state index contributed by atoms with van der Waals surface area (Å²) < 4.78 is 0. The van der Waals surface area contributed by atoms with Crippen LogP contribution in [-0.2, 0) is 0 Å². The Morgan fingerprint density at radius 2 is 2.12 bits per heavy atom. The quantitative estimate of drug-likeness (QED) is 0.519. The van der Waals surface area contributed by atoms with E-state index in [-0.39, 0.29) is 0 Å². The van der Waals surface area contributed by atoms with E-state index in [1.54, 1.807) is 0 Å². The maximum absolute atomic E-state index is 5.55. The van der Waals surface area contributed by atoms with Gasteiger partial charge in [-0.1, -0.05) is 6.08 Å². The number of nitrogens with zero attached hydrogens (tertiary/aromatic N) is 1. The molecule has 0 aromatic heterocycles. The molecule has 0 saturated carbocycles. The number of rotatable bonds is 2. The van der Waals surface area contributed by atoms with Crippen molar-refractivity contribution in [3.8, 4) is 0 Å². The Kier molecular flexibility index (Phi) is 3.71. The van der Waals surface area contributed by atoms with Gasteiger partial charge in [0, 0.05) is 19.8 Å². The zero-order valence-corrected chi connectivity index (χ0v) is 6.37. The van der Waals surface area contributed by atoms with Crippen LogP contribution in [0, 0.1) is 0 Å². The number of alkyl halides is 1. The van der Waals surface area contributed by atoms with Crippen molar-refractivity contribution in [1.82, 2.24) is 4.90 Å². The predicted molar refractivity (Wildman–Crippen MR) is 38.2 cm³/mol. The lowest BCUT2D eigenvalue weighted by Gasteiger charge is -2.12. The molecule has 8 heavy (non-hydrogen) atoms. The molecule has 0 heterocycles. The molecule has 0 aliphatic rings. The van der Waals surface area contributed by atoms with Gasteiger partial charge >= 0.3 is 0 Å². The standard InChI is InChI=1S/C6H12ClN/c1-4-6(5-7)8(2)3/h4H,5H2,1-3H3/b6-4-. The van der Waals surface area contributed by atoms with Gasteiger partial charge in [0.25, 0.3) is 0 Å². The Balaban J connectivity index is 3.72. The van der Waals surface area contributed by atoms with Crippen LogP contribution in [0.15, 0.2) is 11.8 Å². The summed E-state index contributed by atoms with van der Waals surface area (Å²) in [5, 5.41) is 0. The molecule has 0 N–H and O–H groups in total. The van der Waals surface area contributed by atoms with E-state index in [9.17, 15) is 0 Å². The van der Waals surface area contributed by atoms with E-state index in [1.807, 2.05) is 32.0 Å². The molecule has 48 valence electrons. The summed E-state index contributed by atoms with van der Waals surface area (Å²) in [6.07, 6.45) is 2.01. The number of hydrogen-bond acceptors (Lipinski definition) is 1. The highest BCUT2D eigenvalue weighted by atomic mass is 35.5. The van der Waals surface area contributed by atoms with E-state index in [1.165, 1.54) is 0 Å². The molecule has 0 aliphatic heterocycles. The molecule has 0 fully saturated rings. The van der Waals surface area contributed by atoms with Crippen LogP contribution in [0.5, 0.6) is 0 Å². The van der Waals surface area contributed by atoms with Gasteiger partial charge in [-0.2, -0.15) is 0 Å². The molecule has 0 aliphatic carbocycles. The van der Waals surface area contributed by atoms with Crippen LogP contribution in [0.1, 0.15) is 6.92 Å². The monoisotopic (exact) mass is 133 g/mol. The van der Waals surface area contributed by atoms with Gasteiger partial charge in [0.05, 0.1) is 5.88 Å². The average molecular weight is 134 g/mol. The highest BCUT2D eigenvalue weighted by Crippen LogP contribution is 1.98. The van der Waals surface area contributed by atoms with Crippen LogP contribution in [0.2, 0.25) is 0 Å². The third-order valence-electron chi connectivity index (χ3n) is 1.04. The van der Waals surface area contributed by atoms with Crippen LogP contribution in [-0.4, -0.2) is 24.9 Å². The first-order valence-corrected chi connectivity index (χ1v) is 3.14. The van der Waals surface area contributed by atoms with Gasteiger partial charge in [0.15, 0.2) is 0 Å². The zero-order valence-electron chi connectivity index (χ0n) is 5.61. The maximum Gasteiger partial charge on any atom is 0.0620 e. The van der Waals surface area contributed by atoms with E-state index < -0.39 is 0 Å². The summed E-state index contributed by atoms with van der Waals surface area (Å²) in [6, 6.07) is 0. The Labute approximate surface area is 55.9 Å². The van der Waals surface area contributed by atoms with Crippen molar-refractivity contribution in [3.05, 3.63) is 11.8 Å². The predicted octanol–water partition coefficient (Wildman–Crippen LogP) is 1.69. The highest BCUT2D eigenvalue weighted by molar-refractivity contribution is 6.19. The first kappa shape index (κ1) is 7.83. The van der Waals surface area contributed by atoms with Crippen molar-refractivity contribution >= 4 is 11.6 Å². The molecule has 0 spiro atoms. The smallest absolute Gasteiger partial charge is 0.0620 e. The van der Waals surface area contributed by atoms with Gasteiger partial charge in [0.1, 0.15) is 0 Å². The van der Waals surface area contributed by atoms with Crippen LogP contribution < -0.4 is 0 Å². The van der Waals surface area contributed by atoms with Crippen LogP contribution in [0.25, 0.3) is 0 Å². The zero-order chi connectivity index (χ0) is 6.57. The van der Waals surface area contributed by atoms with Crippen molar-refractivity contribution in [2.24, 2.45) is 0 Å². The SMILES string of the molecule is C/C=C(/CCl)N(C)C. The molecule has 0 saturated heterocycles. The van der Waals surface area contributed by atoms with Crippen LogP contribution in [0.3, 0.4) is 0 Å². The average Bonchev–Trinajstić information content (AvgIpc) is 1.69. The normalized spacial score (nSPS) is 11.8. The first-order chi connectivity index (χ1) is 3.72. The fraction of sp³-hybridized carbons (Fsp3) is 0.667. The van der Waals surface area contributed by atoms with Crippen molar-refractivity contribution in [2.45, 2.75) is 6.92 Å². The Morgan fingerprint density at radius 1 is 1.62 bits per heavy atom. The molecule has 0 amide bonds. The highest BCUT2D eigenvalue weighted by Gasteiger charge is 1.91. The van der Waals surface area contributed by atoms with E-state index in [0.29, 0.717) is 5.88 Å². The first-order valence-electron chi connectivity index (χ1n) is 2.60. The summed E-state index contributed by atoms with van der Waals surface area (Å²) in [4.78, 5) is 2.01. The molecular formula is C6H12ClN. The minimum absolute atomic E-state index is 0.601. The van der Waals surface area contributed by atoms with Gasteiger partial charge in [-0.15, -0.1) is 11.6 Å². The molecular weight excluding hydrogens is 122 g/mol. The summed E-state index contributed by atoms with van der Waals surface area (Å²) in [5.74, 6) is 0.601. The lowest BCUT2D eigenvalue weighted by Crippen LogP contribution is -2.11. The topological polar surface area (TPSA) is 3.24 Å². The number of hydrogen-bond donors (Lipinski definition) is 0. The third-order valence-corrected chi connectivity index (χ3v) is 1.32. The maximum atomic E-state index is 5.55. The molecule has 0 unspecified atom stereocenters. The lowest BCUT2D eigenvalue weighted by atomic mass is 10.4. The van der Waals surface area contributed by atoms with Gasteiger partial charge in [0.2, 0.25) is 0 Å². The van der Waals surface area contributed by atoms with E-state index in [4.69, 9.17) is 11.6 Å². The molecule has 1 nitrogen and oxygen atoms in total. The van der Waals surface area contributed by atoms with Crippen LogP contribution >= 0.6 is 11.6 Å². The second-order valence-electron chi connectivity index (χ2n) is 1.81. The number of halogens is 1.